The zero-order valence-corrected chi connectivity index (χ0v) is 12.5. The number of carboxylic acids is 1. The summed E-state index contributed by atoms with van der Waals surface area (Å²) < 4.78 is 31.2. The number of aromatic carboxylic acids is 1. The van der Waals surface area contributed by atoms with Crippen molar-refractivity contribution in [1.82, 2.24) is 4.72 Å². The van der Waals surface area contributed by atoms with Gasteiger partial charge in [-0.25, -0.2) is 17.9 Å². The Bertz CT molecular complexity index is 549. The van der Waals surface area contributed by atoms with Crippen LogP contribution in [0.2, 0.25) is 0 Å². The van der Waals surface area contributed by atoms with Gasteiger partial charge < -0.3 is 9.52 Å². The Kier molecular flexibility index (Phi) is 4.57. The molecule has 1 aromatic rings. The molecule has 102 valence electrons. The third kappa shape index (κ3) is 3.33. The molecule has 0 aliphatic carbocycles. The Morgan fingerprint density at radius 2 is 2.00 bits per heavy atom. The van der Waals surface area contributed by atoms with Crippen LogP contribution in [0.5, 0.6) is 0 Å². The fourth-order valence-corrected chi connectivity index (χ4v) is 3.42. The van der Waals surface area contributed by atoms with Gasteiger partial charge in [-0.05, 0) is 28.8 Å². The molecule has 8 heteroatoms. The van der Waals surface area contributed by atoms with Gasteiger partial charge >= 0.3 is 5.97 Å². The maximum absolute atomic E-state index is 12.0. The molecule has 0 aliphatic heterocycles. The van der Waals surface area contributed by atoms with Crippen LogP contribution in [0.25, 0.3) is 0 Å². The molecular formula is C10H14BrNO5S. The molecule has 0 bridgehead atoms. The van der Waals surface area contributed by atoms with Crippen molar-refractivity contribution >= 4 is 31.9 Å². The molecular weight excluding hydrogens is 326 g/mol. The lowest BCUT2D eigenvalue weighted by Crippen LogP contribution is -2.36. The van der Waals surface area contributed by atoms with Crippen LogP contribution in [0.1, 0.15) is 31.3 Å². The zero-order valence-electron chi connectivity index (χ0n) is 10.1. The predicted octanol–water partition coefficient (Wildman–Crippen LogP) is 2.06. The molecule has 18 heavy (non-hydrogen) atoms. The summed E-state index contributed by atoms with van der Waals surface area (Å²) in [7, 11) is -3.80. The number of carboxylic acid groups (broad SMARTS) is 1. The van der Waals surface area contributed by atoms with Crippen molar-refractivity contribution in [3.63, 3.8) is 0 Å². The Labute approximate surface area is 114 Å². The lowest BCUT2D eigenvalue weighted by atomic mass is 10.1. The van der Waals surface area contributed by atoms with Crippen LogP contribution in [0.4, 0.5) is 0 Å². The summed E-state index contributed by atoms with van der Waals surface area (Å²) in [5, 5.41) is 8.73. The largest absolute Gasteiger partial charge is 0.475 e. The lowest BCUT2D eigenvalue weighted by molar-refractivity contribution is 0.0661. The number of halogens is 1. The molecule has 0 spiro atoms. The van der Waals surface area contributed by atoms with E-state index in [-0.39, 0.29) is 21.5 Å². The number of sulfonamides is 1. The van der Waals surface area contributed by atoms with Gasteiger partial charge in [0.15, 0.2) is 4.67 Å². The van der Waals surface area contributed by atoms with Crippen LogP contribution in [0.3, 0.4) is 0 Å². The standard InChI is InChI=1S/C10H14BrNO5S/c1-5(2)6(3)12-18(15,16)8-4-7(10(13)14)17-9(8)11/h4-6,12H,1-3H3,(H,13,14). The molecule has 1 unspecified atom stereocenters. The van der Waals surface area contributed by atoms with E-state index >= 15 is 0 Å². The van der Waals surface area contributed by atoms with Gasteiger partial charge in [0.25, 0.3) is 0 Å². The lowest BCUT2D eigenvalue weighted by Gasteiger charge is -2.16. The first-order valence-electron chi connectivity index (χ1n) is 5.20. The second-order valence-corrected chi connectivity index (χ2v) is 6.61. The van der Waals surface area contributed by atoms with Crippen molar-refractivity contribution in [2.75, 3.05) is 0 Å². The van der Waals surface area contributed by atoms with E-state index in [1.807, 2.05) is 13.8 Å². The molecule has 0 saturated heterocycles. The third-order valence-corrected chi connectivity index (χ3v) is 4.91. The summed E-state index contributed by atoms with van der Waals surface area (Å²) in [4.78, 5) is 10.5. The molecule has 0 amide bonds. The minimum atomic E-state index is -3.80. The van der Waals surface area contributed by atoms with E-state index in [0.717, 1.165) is 6.07 Å². The minimum Gasteiger partial charge on any atom is -0.475 e. The van der Waals surface area contributed by atoms with E-state index in [9.17, 15) is 13.2 Å². The van der Waals surface area contributed by atoms with E-state index in [1.165, 1.54) is 0 Å². The third-order valence-electron chi connectivity index (χ3n) is 2.50. The molecule has 0 aliphatic rings. The van der Waals surface area contributed by atoms with Crippen molar-refractivity contribution in [3.8, 4) is 0 Å². The first-order valence-corrected chi connectivity index (χ1v) is 7.47. The Hall–Kier alpha value is -0.860. The highest BCUT2D eigenvalue weighted by atomic mass is 79.9. The fourth-order valence-electron chi connectivity index (χ4n) is 1.09. The van der Waals surface area contributed by atoms with Crippen molar-refractivity contribution in [3.05, 3.63) is 16.5 Å². The number of hydrogen-bond acceptors (Lipinski definition) is 4. The summed E-state index contributed by atoms with van der Waals surface area (Å²) >= 11 is 2.90. The minimum absolute atomic E-state index is 0.115. The summed E-state index contributed by atoms with van der Waals surface area (Å²) in [5.74, 6) is -1.64. The van der Waals surface area contributed by atoms with Crippen molar-refractivity contribution in [2.24, 2.45) is 5.92 Å². The van der Waals surface area contributed by atoms with E-state index in [4.69, 9.17) is 9.52 Å². The van der Waals surface area contributed by atoms with E-state index in [2.05, 4.69) is 20.7 Å². The van der Waals surface area contributed by atoms with Gasteiger partial charge in [0.1, 0.15) is 4.90 Å². The van der Waals surface area contributed by atoms with Gasteiger partial charge in [0, 0.05) is 12.1 Å². The first kappa shape index (κ1) is 15.2. The number of hydrogen-bond donors (Lipinski definition) is 2. The number of nitrogens with one attached hydrogen (secondary N) is 1. The van der Waals surface area contributed by atoms with Crippen LogP contribution < -0.4 is 4.72 Å². The summed E-state index contributed by atoms with van der Waals surface area (Å²) in [6, 6.07) is 0.701. The normalized spacial score (nSPS) is 13.8. The highest BCUT2D eigenvalue weighted by Gasteiger charge is 2.26. The molecule has 6 nitrogen and oxygen atoms in total. The molecule has 2 N–H and O–H groups in total. The average Bonchev–Trinajstić information content (AvgIpc) is 2.60. The molecule has 1 atom stereocenters. The zero-order chi connectivity index (χ0) is 14.1. The van der Waals surface area contributed by atoms with Gasteiger partial charge in [-0.3, -0.25) is 0 Å². The molecule has 1 aromatic heterocycles. The van der Waals surface area contributed by atoms with Crippen LogP contribution in [-0.4, -0.2) is 25.5 Å². The maximum atomic E-state index is 12.0. The van der Waals surface area contributed by atoms with E-state index < -0.39 is 21.8 Å². The SMILES string of the molecule is CC(C)C(C)NS(=O)(=O)c1cc(C(=O)O)oc1Br. The molecule has 0 aromatic carbocycles. The molecule has 0 radical (unpaired) electrons. The van der Waals surface area contributed by atoms with Crippen molar-refractivity contribution in [2.45, 2.75) is 31.7 Å². The van der Waals surface area contributed by atoms with Crippen molar-refractivity contribution < 1.29 is 22.7 Å². The maximum Gasteiger partial charge on any atom is 0.371 e. The molecule has 1 heterocycles. The number of rotatable bonds is 5. The molecule has 0 fully saturated rings. The summed E-state index contributed by atoms with van der Waals surface area (Å²) in [6.45, 7) is 5.48. The topological polar surface area (TPSA) is 96.6 Å². The van der Waals surface area contributed by atoms with Gasteiger partial charge in [-0.1, -0.05) is 13.8 Å². The molecule has 1 rings (SSSR count). The van der Waals surface area contributed by atoms with Crippen LogP contribution in [0, 0.1) is 5.92 Å². The van der Waals surface area contributed by atoms with E-state index in [1.54, 1.807) is 6.92 Å². The Morgan fingerprint density at radius 3 is 2.39 bits per heavy atom. The number of carbonyl (C=O) groups is 1. The Morgan fingerprint density at radius 1 is 1.44 bits per heavy atom. The van der Waals surface area contributed by atoms with Crippen LogP contribution in [-0.2, 0) is 10.0 Å². The van der Waals surface area contributed by atoms with Gasteiger partial charge in [-0.15, -0.1) is 0 Å². The highest BCUT2D eigenvalue weighted by Crippen LogP contribution is 2.26. The predicted molar refractivity (Wildman–Crippen MR) is 68.0 cm³/mol. The second kappa shape index (κ2) is 5.41. The highest BCUT2D eigenvalue weighted by molar-refractivity contribution is 9.10. The monoisotopic (exact) mass is 339 g/mol. The summed E-state index contributed by atoms with van der Waals surface area (Å²) in [6.07, 6.45) is 0. The van der Waals surface area contributed by atoms with Crippen LogP contribution in [0.15, 0.2) is 20.0 Å². The van der Waals surface area contributed by atoms with Gasteiger partial charge in [0.05, 0.1) is 0 Å². The quantitative estimate of drug-likeness (QED) is 0.855. The smallest absolute Gasteiger partial charge is 0.371 e. The van der Waals surface area contributed by atoms with Gasteiger partial charge in [0.2, 0.25) is 15.8 Å². The summed E-state index contributed by atoms with van der Waals surface area (Å²) in [5.41, 5.74) is 0. The average molecular weight is 340 g/mol. The van der Waals surface area contributed by atoms with Gasteiger partial charge in [-0.2, -0.15) is 0 Å². The fraction of sp³-hybridized carbons (Fsp3) is 0.500. The van der Waals surface area contributed by atoms with Crippen LogP contribution >= 0.6 is 15.9 Å². The first-order chi connectivity index (χ1) is 8.15. The van der Waals surface area contributed by atoms with E-state index in [0.29, 0.717) is 0 Å². The van der Waals surface area contributed by atoms with Crippen molar-refractivity contribution in [1.29, 1.82) is 0 Å². The second-order valence-electron chi connectivity index (χ2n) is 4.21. The molecule has 0 saturated carbocycles. The Balaban J connectivity index is 3.09. The number of furan rings is 1.